The summed E-state index contributed by atoms with van der Waals surface area (Å²) in [4.78, 5) is 27.1. The Morgan fingerprint density at radius 1 is 1.22 bits per heavy atom. The van der Waals surface area contributed by atoms with Gasteiger partial charge in [-0.15, -0.1) is 4.68 Å². The summed E-state index contributed by atoms with van der Waals surface area (Å²) < 4.78 is 6.86. The molecule has 1 N–H and O–H groups in total. The van der Waals surface area contributed by atoms with E-state index in [1.54, 1.807) is 36.4 Å². The Balaban J connectivity index is 2.14. The van der Waals surface area contributed by atoms with E-state index >= 15 is 0 Å². The van der Waals surface area contributed by atoms with Gasteiger partial charge >= 0.3 is 5.69 Å². The highest BCUT2D eigenvalue weighted by Gasteiger charge is 2.06. The van der Waals surface area contributed by atoms with Crippen LogP contribution in [0.1, 0.15) is 5.56 Å². The van der Waals surface area contributed by atoms with Crippen molar-refractivity contribution in [2.45, 2.75) is 0 Å². The van der Waals surface area contributed by atoms with Crippen molar-refractivity contribution in [2.24, 2.45) is 5.10 Å². The van der Waals surface area contributed by atoms with Gasteiger partial charge in [-0.25, -0.2) is 4.79 Å². The highest BCUT2D eigenvalue weighted by atomic mass is 79.9. The Morgan fingerprint density at radius 2 is 2.00 bits per heavy atom. The molecule has 0 spiro atoms. The van der Waals surface area contributed by atoms with Crippen LogP contribution < -0.4 is 16.0 Å². The standard InChI is InChI=1S/C16H12BrN3O3/c1-23-14-7-6-11(17)8-10(14)9-18-20-15(21)12-4-2-3-5-13(12)19-16(20)22/h2-9H,1H3,(H,19,22). The van der Waals surface area contributed by atoms with Crippen LogP contribution in [0.3, 0.4) is 0 Å². The Hall–Kier alpha value is -2.67. The molecule has 0 aliphatic rings. The van der Waals surface area contributed by atoms with Crippen LogP contribution in [-0.2, 0) is 0 Å². The molecular formula is C16H12BrN3O3. The molecule has 0 saturated carbocycles. The molecule has 6 nitrogen and oxygen atoms in total. The second-order valence-electron chi connectivity index (χ2n) is 4.72. The fraction of sp³-hybridized carbons (Fsp3) is 0.0625. The Kier molecular flexibility index (Phi) is 4.12. The van der Waals surface area contributed by atoms with Crippen LogP contribution in [-0.4, -0.2) is 23.0 Å². The number of hydrogen-bond acceptors (Lipinski definition) is 4. The summed E-state index contributed by atoms with van der Waals surface area (Å²) in [7, 11) is 1.54. The van der Waals surface area contributed by atoms with Crippen molar-refractivity contribution < 1.29 is 4.74 Å². The van der Waals surface area contributed by atoms with Crippen molar-refractivity contribution >= 4 is 33.0 Å². The zero-order chi connectivity index (χ0) is 16.4. The highest BCUT2D eigenvalue weighted by Crippen LogP contribution is 2.21. The van der Waals surface area contributed by atoms with Gasteiger partial charge < -0.3 is 9.72 Å². The first kappa shape index (κ1) is 15.2. The minimum absolute atomic E-state index is 0.394. The lowest BCUT2D eigenvalue weighted by atomic mass is 10.2. The second-order valence-corrected chi connectivity index (χ2v) is 5.64. The van der Waals surface area contributed by atoms with E-state index in [-0.39, 0.29) is 0 Å². The maximum absolute atomic E-state index is 12.4. The summed E-state index contributed by atoms with van der Waals surface area (Å²) in [5.74, 6) is 0.585. The first-order valence-corrected chi connectivity index (χ1v) is 7.51. The molecule has 0 radical (unpaired) electrons. The van der Waals surface area contributed by atoms with E-state index in [2.05, 4.69) is 26.0 Å². The van der Waals surface area contributed by atoms with E-state index in [1.807, 2.05) is 6.07 Å². The summed E-state index contributed by atoms with van der Waals surface area (Å²) in [5.41, 5.74) is 0.0452. The number of H-pyrrole nitrogens is 1. The zero-order valence-electron chi connectivity index (χ0n) is 12.1. The van der Waals surface area contributed by atoms with E-state index in [9.17, 15) is 9.59 Å². The largest absolute Gasteiger partial charge is 0.496 e. The zero-order valence-corrected chi connectivity index (χ0v) is 13.7. The fourth-order valence-electron chi connectivity index (χ4n) is 2.18. The molecule has 2 aromatic carbocycles. The summed E-state index contributed by atoms with van der Waals surface area (Å²) >= 11 is 3.36. The quantitative estimate of drug-likeness (QED) is 0.715. The lowest BCUT2D eigenvalue weighted by Crippen LogP contribution is -2.32. The predicted octanol–water partition coefficient (Wildman–Crippen LogP) is 2.34. The minimum atomic E-state index is -0.598. The van der Waals surface area contributed by atoms with E-state index < -0.39 is 11.2 Å². The summed E-state index contributed by atoms with van der Waals surface area (Å²) in [6.07, 6.45) is 1.41. The highest BCUT2D eigenvalue weighted by molar-refractivity contribution is 9.10. The number of nitrogens with one attached hydrogen (secondary N) is 1. The van der Waals surface area contributed by atoms with Crippen LogP contribution in [0.4, 0.5) is 0 Å². The van der Waals surface area contributed by atoms with Crippen molar-refractivity contribution in [1.29, 1.82) is 0 Å². The SMILES string of the molecule is COc1ccc(Br)cc1C=Nn1c(=O)[nH]c2ccccc2c1=O. The van der Waals surface area contributed by atoms with Crippen molar-refractivity contribution in [1.82, 2.24) is 9.66 Å². The van der Waals surface area contributed by atoms with E-state index in [1.165, 1.54) is 13.3 Å². The molecule has 3 aromatic rings. The maximum Gasteiger partial charge on any atom is 0.349 e. The number of nitrogens with zero attached hydrogens (tertiary/aromatic N) is 2. The molecule has 3 rings (SSSR count). The summed E-state index contributed by atoms with van der Waals surface area (Å²) in [6, 6.07) is 12.2. The number of rotatable bonds is 3. The first-order valence-electron chi connectivity index (χ1n) is 6.72. The van der Waals surface area contributed by atoms with Crippen molar-refractivity contribution in [3.8, 4) is 5.75 Å². The van der Waals surface area contributed by atoms with Gasteiger partial charge in [-0.3, -0.25) is 4.79 Å². The maximum atomic E-state index is 12.4. The predicted molar refractivity (Wildman–Crippen MR) is 92.5 cm³/mol. The third kappa shape index (κ3) is 2.95. The molecule has 0 atom stereocenters. The fourth-order valence-corrected chi connectivity index (χ4v) is 2.56. The third-order valence-electron chi connectivity index (χ3n) is 3.29. The molecular weight excluding hydrogens is 362 g/mol. The van der Waals surface area contributed by atoms with Gasteiger partial charge in [0.25, 0.3) is 5.56 Å². The van der Waals surface area contributed by atoms with Gasteiger partial charge in [0.1, 0.15) is 5.75 Å². The number of ether oxygens (including phenoxy) is 1. The number of aromatic amines is 1. The molecule has 7 heteroatoms. The molecule has 0 saturated heterocycles. The normalized spacial score (nSPS) is 11.2. The molecule has 0 aliphatic carbocycles. The van der Waals surface area contributed by atoms with Gasteiger partial charge in [-0.05, 0) is 30.3 Å². The number of benzene rings is 2. The Morgan fingerprint density at radius 3 is 2.78 bits per heavy atom. The molecule has 0 fully saturated rings. The number of aromatic nitrogens is 2. The lowest BCUT2D eigenvalue weighted by molar-refractivity contribution is 0.414. The smallest absolute Gasteiger partial charge is 0.349 e. The van der Waals surface area contributed by atoms with Gasteiger partial charge in [-0.1, -0.05) is 28.1 Å². The molecule has 116 valence electrons. The van der Waals surface area contributed by atoms with Crippen LogP contribution in [0.2, 0.25) is 0 Å². The monoisotopic (exact) mass is 373 g/mol. The molecule has 0 unspecified atom stereocenters. The van der Waals surface area contributed by atoms with Crippen LogP contribution in [0.25, 0.3) is 10.9 Å². The molecule has 0 bridgehead atoms. The van der Waals surface area contributed by atoms with E-state index in [4.69, 9.17) is 4.74 Å². The topological polar surface area (TPSA) is 76.5 Å². The number of para-hydroxylation sites is 1. The number of fused-ring (bicyclic) bond motifs is 1. The Bertz CT molecular complexity index is 1020. The van der Waals surface area contributed by atoms with Gasteiger partial charge in [0.2, 0.25) is 0 Å². The van der Waals surface area contributed by atoms with Gasteiger partial charge in [0.15, 0.2) is 0 Å². The van der Waals surface area contributed by atoms with E-state index in [0.717, 1.165) is 9.15 Å². The van der Waals surface area contributed by atoms with Crippen LogP contribution >= 0.6 is 15.9 Å². The van der Waals surface area contributed by atoms with Gasteiger partial charge in [0, 0.05) is 10.0 Å². The van der Waals surface area contributed by atoms with Crippen molar-refractivity contribution in [3.05, 3.63) is 73.3 Å². The third-order valence-corrected chi connectivity index (χ3v) is 3.78. The molecule has 0 aliphatic heterocycles. The average Bonchev–Trinajstić information content (AvgIpc) is 2.55. The lowest BCUT2D eigenvalue weighted by Gasteiger charge is -2.05. The number of halogens is 1. The molecule has 1 aromatic heterocycles. The second kappa shape index (κ2) is 6.21. The van der Waals surface area contributed by atoms with Crippen LogP contribution in [0, 0.1) is 0 Å². The minimum Gasteiger partial charge on any atom is -0.496 e. The molecule has 0 amide bonds. The van der Waals surface area contributed by atoms with Crippen LogP contribution in [0.15, 0.2) is 61.6 Å². The molecule has 23 heavy (non-hydrogen) atoms. The summed E-state index contributed by atoms with van der Waals surface area (Å²) in [6.45, 7) is 0. The van der Waals surface area contributed by atoms with Gasteiger partial charge in [-0.2, -0.15) is 5.10 Å². The van der Waals surface area contributed by atoms with Crippen molar-refractivity contribution in [2.75, 3.05) is 7.11 Å². The first-order chi connectivity index (χ1) is 11.1. The number of methoxy groups -OCH3 is 1. The van der Waals surface area contributed by atoms with Crippen molar-refractivity contribution in [3.63, 3.8) is 0 Å². The van der Waals surface area contributed by atoms with Gasteiger partial charge in [0.05, 0.1) is 24.2 Å². The summed E-state index contributed by atoms with van der Waals surface area (Å²) in [5, 5.41) is 4.40. The van der Waals surface area contributed by atoms with E-state index in [0.29, 0.717) is 22.2 Å². The molecule has 1 heterocycles. The Labute approximate surface area is 139 Å². The van der Waals surface area contributed by atoms with Crippen LogP contribution in [0.5, 0.6) is 5.75 Å². The average molecular weight is 374 g/mol. The number of hydrogen-bond donors (Lipinski definition) is 1.